The standard InChI is InChI=1S/C10H9ClN2O2/c11-8-3-1-2-7(4-8)6-13-9(14)5-12-10(13)15/h1-4H,5-6H2,(H,12,15). The van der Waals surface area contributed by atoms with Crippen LogP contribution in [0.15, 0.2) is 24.3 Å². The van der Waals surface area contributed by atoms with Crippen LogP contribution in [0.3, 0.4) is 0 Å². The van der Waals surface area contributed by atoms with Crippen LogP contribution < -0.4 is 5.32 Å². The van der Waals surface area contributed by atoms with Gasteiger partial charge in [0, 0.05) is 5.02 Å². The highest BCUT2D eigenvalue weighted by Crippen LogP contribution is 2.13. The number of nitrogens with one attached hydrogen (secondary N) is 1. The fourth-order valence-electron chi connectivity index (χ4n) is 1.43. The normalized spacial score (nSPS) is 15.7. The Hall–Kier alpha value is -1.55. The van der Waals surface area contributed by atoms with Crippen LogP contribution in [0.2, 0.25) is 5.02 Å². The maximum atomic E-state index is 11.3. The topological polar surface area (TPSA) is 49.4 Å². The van der Waals surface area contributed by atoms with E-state index in [0.717, 1.165) is 5.56 Å². The Balaban J connectivity index is 2.15. The Morgan fingerprint density at radius 1 is 1.40 bits per heavy atom. The van der Waals surface area contributed by atoms with Gasteiger partial charge in [-0.2, -0.15) is 0 Å². The van der Waals surface area contributed by atoms with E-state index in [1.807, 2.05) is 6.07 Å². The number of urea groups is 1. The van der Waals surface area contributed by atoms with Crippen LogP contribution in [-0.2, 0) is 11.3 Å². The summed E-state index contributed by atoms with van der Waals surface area (Å²) < 4.78 is 0. The predicted octanol–water partition coefficient (Wildman–Crippen LogP) is 1.39. The number of hydrogen-bond acceptors (Lipinski definition) is 2. The number of nitrogens with zero attached hydrogens (tertiary/aromatic N) is 1. The number of carbonyl (C=O) groups excluding carboxylic acids is 2. The maximum Gasteiger partial charge on any atom is 0.324 e. The molecule has 0 unspecified atom stereocenters. The summed E-state index contributed by atoms with van der Waals surface area (Å²) in [6.07, 6.45) is 0. The Bertz CT molecular complexity index is 404. The fraction of sp³-hybridized carbons (Fsp3) is 0.200. The Morgan fingerprint density at radius 2 is 2.20 bits per heavy atom. The van der Waals surface area contributed by atoms with Crippen LogP contribution in [0.4, 0.5) is 4.79 Å². The van der Waals surface area contributed by atoms with Gasteiger partial charge in [0.1, 0.15) is 0 Å². The molecule has 3 amide bonds. The largest absolute Gasteiger partial charge is 0.329 e. The predicted molar refractivity (Wildman–Crippen MR) is 55.4 cm³/mol. The molecule has 1 aliphatic heterocycles. The second-order valence-electron chi connectivity index (χ2n) is 3.27. The molecule has 0 aliphatic carbocycles. The first-order valence-electron chi connectivity index (χ1n) is 4.49. The number of carbonyl (C=O) groups is 2. The molecule has 0 radical (unpaired) electrons. The number of amides is 3. The second kappa shape index (κ2) is 3.90. The number of rotatable bonds is 2. The van der Waals surface area contributed by atoms with Gasteiger partial charge >= 0.3 is 6.03 Å². The van der Waals surface area contributed by atoms with E-state index in [4.69, 9.17) is 11.6 Å². The van der Waals surface area contributed by atoms with Crippen molar-refractivity contribution in [2.24, 2.45) is 0 Å². The van der Waals surface area contributed by atoms with Crippen molar-refractivity contribution in [2.45, 2.75) is 6.54 Å². The van der Waals surface area contributed by atoms with E-state index in [0.29, 0.717) is 5.02 Å². The van der Waals surface area contributed by atoms with Gasteiger partial charge < -0.3 is 5.32 Å². The number of hydrogen-bond donors (Lipinski definition) is 1. The van der Waals surface area contributed by atoms with E-state index in [2.05, 4.69) is 5.32 Å². The van der Waals surface area contributed by atoms with Gasteiger partial charge in [-0.25, -0.2) is 4.79 Å². The lowest BCUT2D eigenvalue weighted by Gasteiger charge is -2.12. The molecule has 78 valence electrons. The number of imide groups is 1. The van der Waals surface area contributed by atoms with Gasteiger partial charge in [0.15, 0.2) is 0 Å². The molecule has 0 aromatic heterocycles. The summed E-state index contributed by atoms with van der Waals surface area (Å²) in [5.41, 5.74) is 0.841. The smallest absolute Gasteiger partial charge is 0.324 e. The molecule has 4 nitrogen and oxygen atoms in total. The Kier molecular flexibility index (Phi) is 2.60. The number of benzene rings is 1. The molecule has 1 heterocycles. The quantitative estimate of drug-likeness (QED) is 0.772. The van der Waals surface area contributed by atoms with Crippen molar-refractivity contribution in [1.29, 1.82) is 0 Å². The molecule has 1 fully saturated rings. The van der Waals surface area contributed by atoms with Gasteiger partial charge in [-0.15, -0.1) is 0 Å². The van der Waals surface area contributed by atoms with Crippen molar-refractivity contribution in [3.63, 3.8) is 0 Å². The van der Waals surface area contributed by atoms with Crippen molar-refractivity contribution in [2.75, 3.05) is 6.54 Å². The molecule has 0 bridgehead atoms. The van der Waals surface area contributed by atoms with E-state index in [1.165, 1.54) is 4.90 Å². The van der Waals surface area contributed by atoms with Crippen molar-refractivity contribution < 1.29 is 9.59 Å². The number of halogens is 1. The van der Waals surface area contributed by atoms with Gasteiger partial charge in [0.2, 0.25) is 5.91 Å². The second-order valence-corrected chi connectivity index (χ2v) is 3.70. The van der Waals surface area contributed by atoms with Gasteiger partial charge in [-0.1, -0.05) is 23.7 Å². The van der Waals surface area contributed by atoms with E-state index in [1.54, 1.807) is 18.2 Å². The average Bonchev–Trinajstić information content (AvgIpc) is 2.50. The van der Waals surface area contributed by atoms with E-state index < -0.39 is 0 Å². The summed E-state index contributed by atoms with van der Waals surface area (Å²) in [7, 11) is 0. The zero-order valence-corrected chi connectivity index (χ0v) is 8.62. The first-order valence-corrected chi connectivity index (χ1v) is 4.87. The van der Waals surface area contributed by atoms with Crippen LogP contribution in [0.25, 0.3) is 0 Å². The molecule has 1 N–H and O–H groups in total. The minimum Gasteiger partial charge on any atom is -0.329 e. The van der Waals surface area contributed by atoms with Crippen molar-refractivity contribution in [1.82, 2.24) is 10.2 Å². The Morgan fingerprint density at radius 3 is 2.80 bits per heavy atom. The van der Waals surface area contributed by atoms with Crippen molar-refractivity contribution >= 4 is 23.5 Å². The van der Waals surface area contributed by atoms with Gasteiger partial charge in [0.05, 0.1) is 13.1 Å². The molecule has 1 aliphatic rings. The molecular formula is C10H9ClN2O2. The zero-order chi connectivity index (χ0) is 10.8. The molecule has 15 heavy (non-hydrogen) atoms. The average molecular weight is 225 g/mol. The summed E-state index contributed by atoms with van der Waals surface area (Å²) in [5.74, 6) is -0.208. The molecule has 1 aromatic rings. The van der Waals surface area contributed by atoms with Crippen LogP contribution >= 0.6 is 11.6 Å². The lowest BCUT2D eigenvalue weighted by Crippen LogP contribution is -2.30. The molecule has 5 heteroatoms. The first-order chi connectivity index (χ1) is 7.16. The first kappa shape index (κ1) is 9.98. The highest BCUT2D eigenvalue weighted by molar-refractivity contribution is 6.30. The summed E-state index contributed by atoms with van der Waals surface area (Å²) in [6, 6.07) is 6.75. The molecule has 0 saturated carbocycles. The minimum atomic E-state index is -0.347. The Labute approximate surface area is 91.8 Å². The van der Waals surface area contributed by atoms with Crippen molar-refractivity contribution in [3.8, 4) is 0 Å². The van der Waals surface area contributed by atoms with Gasteiger partial charge in [-0.3, -0.25) is 9.69 Å². The van der Waals surface area contributed by atoms with Crippen LogP contribution in [0.1, 0.15) is 5.56 Å². The molecule has 1 saturated heterocycles. The van der Waals surface area contributed by atoms with E-state index in [9.17, 15) is 9.59 Å². The maximum absolute atomic E-state index is 11.3. The molecule has 1 aromatic carbocycles. The van der Waals surface area contributed by atoms with Crippen LogP contribution in [0, 0.1) is 0 Å². The molecule has 0 spiro atoms. The summed E-state index contributed by atoms with van der Waals surface area (Å²) in [5, 5.41) is 3.06. The molecule has 0 atom stereocenters. The third-order valence-electron chi connectivity index (χ3n) is 2.17. The minimum absolute atomic E-state index is 0.0827. The lowest BCUT2D eigenvalue weighted by molar-refractivity contribution is -0.125. The fourth-order valence-corrected chi connectivity index (χ4v) is 1.65. The third kappa shape index (κ3) is 2.10. The SMILES string of the molecule is O=C1CNC(=O)N1Cc1cccc(Cl)c1. The molecular weight excluding hydrogens is 216 g/mol. The molecule has 2 rings (SSSR count). The van der Waals surface area contributed by atoms with Crippen molar-refractivity contribution in [3.05, 3.63) is 34.9 Å². The van der Waals surface area contributed by atoms with Crippen LogP contribution in [-0.4, -0.2) is 23.4 Å². The highest BCUT2D eigenvalue weighted by Gasteiger charge is 2.28. The zero-order valence-electron chi connectivity index (χ0n) is 7.87. The van der Waals surface area contributed by atoms with Gasteiger partial charge in [0.25, 0.3) is 0 Å². The van der Waals surface area contributed by atoms with Crippen LogP contribution in [0.5, 0.6) is 0 Å². The van der Waals surface area contributed by atoms with E-state index >= 15 is 0 Å². The summed E-state index contributed by atoms with van der Waals surface area (Å²) in [4.78, 5) is 23.7. The summed E-state index contributed by atoms with van der Waals surface area (Å²) in [6.45, 7) is 0.352. The monoisotopic (exact) mass is 224 g/mol. The summed E-state index contributed by atoms with van der Waals surface area (Å²) >= 11 is 5.80. The highest BCUT2D eigenvalue weighted by atomic mass is 35.5. The third-order valence-corrected chi connectivity index (χ3v) is 2.40. The van der Waals surface area contributed by atoms with Gasteiger partial charge in [-0.05, 0) is 17.7 Å². The lowest BCUT2D eigenvalue weighted by atomic mass is 10.2. The van der Waals surface area contributed by atoms with E-state index in [-0.39, 0.29) is 25.0 Å².